The number of carbonyl (C=O) groups is 1. The van der Waals surface area contributed by atoms with Crippen LogP contribution in [0.3, 0.4) is 0 Å². The van der Waals surface area contributed by atoms with Crippen LogP contribution >= 0.6 is 11.3 Å². The van der Waals surface area contributed by atoms with Gasteiger partial charge in [0.05, 0.1) is 10.9 Å². The van der Waals surface area contributed by atoms with Gasteiger partial charge in [-0.3, -0.25) is 9.69 Å². The highest BCUT2D eigenvalue weighted by atomic mass is 32.1. The fourth-order valence-electron chi connectivity index (χ4n) is 4.73. The largest absolute Gasteiger partial charge is 0.431 e. The maximum absolute atomic E-state index is 13.3. The SMILES string of the molecule is CC(=O)NC1C[C@H]2CC[C@@H](C1)N2Cc1ccc(Oc2nc3ncc(F)cc3s2)cc1. The van der Waals surface area contributed by atoms with Gasteiger partial charge in [0.2, 0.25) is 5.91 Å². The predicted octanol–water partition coefficient (Wildman–Crippen LogP) is 4.25. The number of halogens is 1. The Labute approximate surface area is 178 Å². The van der Waals surface area contributed by atoms with E-state index in [4.69, 9.17) is 4.74 Å². The molecule has 2 aliphatic rings. The van der Waals surface area contributed by atoms with Gasteiger partial charge in [0.25, 0.3) is 5.19 Å². The summed E-state index contributed by atoms with van der Waals surface area (Å²) in [4.78, 5) is 22.3. The van der Waals surface area contributed by atoms with E-state index in [1.165, 1.54) is 35.8 Å². The molecular formula is C22H23FN4O2S. The summed E-state index contributed by atoms with van der Waals surface area (Å²) >= 11 is 1.28. The van der Waals surface area contributed by atoms with Gasteiger partial charge in [0, 0.05) is 31.6 Å². The van der Waals surface area contributed by atoms with E-state index in [1.54, 1.807) is 6.92 Å². The molecule has 1 unspecified atom stereocenters. The fourth-order valence-corrected chi connectivity index (χ4v) is 5.55. The second-order valence-electron chi connectivity index (χ2n) is 8.13. The molecule has 5 rings (SSSR count). The first kappa shape index (κ1) is 19.4. The minimum atomic E-state index is -0.378. The summed E-state index contributed by atoms with van der Waals surface area (Å²) in [7, 11) is 0. The maximum Gasteiger partial charge on any atom is 0.281 e. The Morgan fingerprint density at radius 1 is 1.27 bits per heavy atom. The number of thiazole rings is 1. The number of hydrogen-bond donors (Lipinski definition) is 1. The van der Waals surface area contributed by atoms with Gasteiger partial charge in [-0.1, -0.05) is 23.5 Å². The number of aromatic nitrogens is 2. The van der Waals surface area contributed by atoms with Gasteiger partial charge in [-0.05, 0) is 49.4 Å². The average Bonchev–Trinajstić information content (AvgIpc) is 3.19. The first-order chi connectivity index (χ1) is 14.5. The van der Waals surface area contributed by atoms with E-state index in [0.29, 0.717) is 39.4 Å². The topological polar surface area (TPSA) is 67.4 Å². The number of fused-ring (bicyclic) bond motifs is 3. The van der Waals surface area contributed by atoms with E-state index in [9.17, 15) is 9.18 Å². The zero-order chi connectivity index (χ0) is 20.7. The van der Waals surface area contributed by atoms with E-state index >= 15 is 0 Å². The van der Waals surface area contributed by atoms with Crippen molar-refractivity contribution in [3.05, 3.63) is 47.9 Å². The molecule has 4 heterocycles. The molecule has 156 valence electrons. The molecule has 1 aromatic carbocycles. The molecule has 6 nitrogen and oxygen atoms in total. The third-order valence-corrected chi connectivity index (χ3v) is 6.85. The van der Waals surface area contributed by atoms with Crippen molar-refractivity contribution < 1.29 is 13.9 Å². The maximum atomic E-state index is 13.3. The molecule has 2 aromatic heterocycles. The van der Waals surface area contributed by atoms with Gasteiger partial charge in [0.15, 0.2) is 5.65 Å². The Bertz CT molecular complexity index is 1060. The first-order valence-electron chi connectivity index (χ1n) is 10.3. The highest BCUT2D eigenvalue weighted by Crippen LogP contribution is 2.37. The van der Waals surface area contributed by atoms with Gasteiger partial charge < -0.3 is 10.1 Å². The van der Waals surface area contributed by atoms with Gasteiger partial charge >= 0.3 is 0 Å². The minimum absolute atomic E-state index is 0.0671. The molecule has 3 atom stereocenters. The Morgan fingerprint density at radius 3 is 2.70 bits per heavy atom. The number of rotatable bonds is 5. The third kappa shape index (κ3) is 4.02. The second-order valence-corrected chi connectivity index (χ2v) is 9.12. The van der Waals surface area contributed by atoms with Crippen LogP contribution in [0, 0.1) is 5.82 Å². The molecule has 3 aromatic rings. The van der Waals surface area contributed by atoms with Crippen molar-refractivity contribution in [2.75, 3.05) is 0 Å². The molecule has 8 heteroatoms. The van der Waals surface area contributed by atoms with Crippen LogP contribution in [0.5, 0.6) is 10.9 Å². The van der Waals surface area contributed by atoms with Crippen molar-refractivity contribution in [1.29, 1.82) is 0 Å². The van der Waals surface area contributed by atoms with Crippen molar-refractivity contribution in [3.63, 3.8) is 0 Å². The standard InChI is InChI=1S/C22H23FN4O2S/c1-13(28)25-16-9-17-4-5-18(10-16)27(17)12-14-2-6-19(7-3-14)29-22-26-21-20(30-22)8-15(23)11-24-21/h2-3,6-8,11,16-18H,4-5,9-10,12H2,1H3,(H,25,28)/t16?,17-,18+. The van der Waals surface area contributed by atoms with Gasteiger partial charge in [-0.25, -0.2) is 9.37 Å². The molecular weight excluding hydrogens is 403 g/mol. The zero-order valence-corrected chi connectivity index (χ0v) is 17.5. The molecule has 2 saturated heterocycles. The monoisotopic (exact) mass is 426 g/mol. The van der Waals surface area contributed by atoms with Gasteiger partial charge in [-0.2, -0.15) is 4.98 Å². The highest BCUT2D eigenvalue weighted by Gasteiger charge is 2.40. The lowest BCUT2D eigenvalue weighted by Gasteiger charge is -2.39. The summed E-state index contributed by atoms with van der Waals surface area (Å²) < 4.78 is 19.8. The van der Waals surface area contributed by atoms with E-state index in [2.05, 4.69) is 32.3 Å². The van der Waals surface area contributed by atoms with Crippen LogP contribution in [-0.4, -0.2) is 38.9 Å². The highest BCUT2D eigenvalue weighted by molar-refractivity contribution is 7.20. The molecule has 2 fully saturated rings. The molecule has 2 aliphatic heterocycles. The smallest absolute Gasteiger partial charge is 0.281 e. The summed E-state index contributed by atoms with van der Waals surface area (Å²) in [6, 6.07) is 10.9. The van der Waals surface area contributed by atoms with Crippen LogP contribution in [0.2, 0.25) is 0 Å². The summed E-state index contributed by atoms with van der Waals surface area (Å²) in [6.07, 6.45) is 5.63. The number of nitrogens with zero attached hydrogens (tertiary/aromatic N) is 3. The van der Waals surface area contributed by atoms with E-state index in [-0.39, 0.29) is 11.7 Å². The number of amides is 1. The molecule has 0 radical (unpaired) electrons. The summed E-state index contributed by atoms with van der Waals surface area (Å²) in [5.41, 5.74) is 1.73. The lowest BCUT2D eigenvalue weighted by Crippen LogP contribution is -2.49. The van der Waals surface area contributed by atoms with Crippen LogP contribution in [0.1, 0.15) is 38.2 Å². The average molecular weight is 427 g/mol. The molecule has 30 heavy (non-hydrogen) atoms. The van der Waals surface area contributed by atoms with Crippen LogP contribution < -0.4 is 10.1 Å². The Hall–Kier alpha value is -2.58. The van der Waals surface area contributed by atoms with Crippen LogP contribution in [-0.2, 0) is 11.3 Å². The van der Waals surface area contributed by atoms with E-state index in [1.807, 2.05) is 12.1 Å². The second kappa shape index (κ2) is 7.92. The van der Waals surface area contributed by atoms with E-state index in [0.717, 1.165) is 25.6 Å². The summed E-state index contributed by atoms with van der Waals surface area (Å²) in [5.74, 6) is 0.389. The van der Waals surface area contributed by atoms with Crippen molar-refractivity contribution >= 4 is 27.6 Å². The summed E-state index contributed by atoms with van der Waals surface area (Å²) in [5, 5.41) is 3.55. The van der Waals surface area contributed by atoms with E-state index < -0.39 is 0 Å². The third-order valence-electron chi connectivity index (χ3n) is 5.98. The minimum Gasteiger partial charge on any atom is -0.431 e. The quantitative estimate of drug-likeness (QED) is 0.661. The summed E-state index contributed by atoms with van der Waals surface area (Å²) in [6.45, 7) is 2.51. The number of ether oxygens (including phenoxy) is 1. The first-order valence-corrected chi connectivity index (χ1v) is 11.1. The van der Waals surface area contributed by atoms with Crippen molar-refractivity contribution in [2.24, 2.45) is 0 Å². The normalized spacial score (nSPS) is 23.6. The zero-order valence-electron chi connectivity index (χ0n) is 16.7. The number of piperidine rings is 1. The van der Waals surface area contributed by atoms with Crippen molar-refractivity contribution in [2.45, 2.75) is 57.3 Å². The number of benzene rings is 1. The lowest BCUT2D eigenvalue weighted by atomic mass is 9.96. The van der Waals surface area contributed by atoms with Crippen LogP contribution in [0.4, 0.5) is 4.39 Å². The molecule has 0 saturated carbocycles. The molecule has 2 bridgehead atoms. The number of pyridine rings is 1. The Kier molecular flexibility index (Phi) is 5.12. The van der Waals surface area contributed by atoms with Crippen molar-refractivity contribution in [3.8, 4) is 10.9 Å². The van der Waals surface area contributed by atoms with Crippen LogP contribution in [0.15, 0.2) is 36.5 Å². The molecule has 1 amide bonds. The molecule has 1 N–H and O–H groups in total. The lowest BCUT2D eigenvalue weighted by molar-refractivity contribution is -0.120. The number of hydrogen-bond acceptors (Lipinski definition) is 6. The van der Waals surface area contributed by atoms with Crippen LogP contribution in [0.25, 0.3) is 10.3 Å². The van der Waals surface area contributed by atoms with Crippen molar-refractivity contribution in [1.82, 2.24) is 20.2 Å². The predicted molar refractivity (Wildman–Crippen MR) is 113 cm³/mol. The Balaban J connectivity index is 1.23. The molecule has 0 spiro atoms. The number of carbonyl (C=O) groups excluding carboxylic acids is 1. The fraction of sp³-hybridized carbons (Fsp3) is 0.409. The number of nitrogens with one attached hydrogen (secondary N) is 1. The molecule has 0 aliphatic carbocycles. The van der Waals surface area contributed by atoms with Gasteiger partial charge in [-0.15, -0.1) is 0 Å². The van der Waals surface area contributed by atoms with Gasteiger partial charge in [0.1, 0.15) is 11.6 Å². The Morgan fingerprint density at radius 2 is 2.00 bits per heavy atom.